The summed E-state index contributed by atoms with van der Waals surface area (Å²) in [6, 6.07) is 0. The Bertz CT molecular complexity index is 165. The number of aliphatic hydroxyl groups excluding tert-OH is 1. The predicted molar refractivity (Wildman–Crippen MR) is 42.1 cm³/mol. The molecule has 0 aliphatic carbocycles. The third kappa shape index (κ3) is 4.07. The van der Waals surface area contributed by atoms with E-state index < -0.39 is 18.3 Å². The minimum Gasteiger partial charge on any atom is -0.384 e. The maximum Gasteiger partial charge on any atom is 0.241 e. The lowest BCUT2D eigenvalue weighted by Crippen LogP contribution is -2.28. The van der Waals surface area contributed by atoms with E-state index >= 15 is 0 Å². The number of carbonyl (C=O) groups excluding carboxylic acids is 1. The molecule has 0 aromatic rings. The fourth-order valence-corrected chi connectivity index (χ4v) is 0.659. The summed E-state index contributed by atoms with van der Waals surface area (Å²) in [7, 11) is 2.77. The number of hydrogen-bond acceptors (Lipinski definition) is 4. The summed E-state index contributed by atoms with van der Waals surface area (Å²) in [6.45, 7) is 0. The summed E-state index contributed by atoms with van der Waals surface area (Å²) in [5.41, 5.74) is 4.81. The highest BCUT2D eigenvalue weighted by Crippen LogP contribution is 1.99. The van der Waals surface area contributed by atoms with Gasteiger partial charge in [0.05, 0.1) is 0 Å². The second kappa shape index (κ2) is 5.70. The van der Waals surface area contributed by atoms with E-state index in [0.29, 0.717) is 0 Å². The molecule has 0 fully saturated rings. The second-order valence-electron chi connectivity index (χ2n) is 2.09. The lowest BCUT2D eigenvalue weighted by molar-refractivity contribution is -0.150. The fourth-order valence-electron chi connectivity index (χ4n) is 0.659. The van der Waals surface area contributed by atoms with Gasteiger partial charge < -0.3 is 20.3 Å². The molecule has 0 radical (unpaired) electrons. The first kappa shape index (κ1) is 11.1. The Labute approximate surface area is 70.8 Å². The predicted octanol–water partition coefficient (Wildman–Crippen LogP) is -0.992. The average molecular weight is 175 g/mol. The highest BCUT2D eigenvalue weighted by Gasteiger charge is 2.14. The van der Waals surface area contributed by atoms with Gasteiger partial charge in [0.15, 0.2) is 6.29 Å². The maximum absolute atomic E-state index is 10.2. The first-order valence-electron chi connectivity index (χ1n) is 3.33. The molecule has 0 rings (SSSR count). The molecule has 0 aliphatic rings. The number of rotatable bonds is 5. The van der Waals surface area contributed by atoms with Crippen LogP contribution in [-0.4, -0.2) is 37.6 Å². The van der Waals surface area contributed by atoms with E-state index in [4.69, 9.17) is 15.2 Å². The minimum absolute atomic E-state index is 0.625. The van der Waals surface area contributed by atoms with Crippen molar-refractivity contribution in [3.05, 3.63) is 12.2 Å². The zero-order valence-electron chi connectivity index (χ0n) is 7.06. The molecule has 5 nitrogen and oxygen atoms in total. The molecule has 0 saturated heterocycles. The number of aliphatic hydroxyl groups is 1. The van der Waals surface area contributed by atoms with Crippen molar-refractivity contribution < 1.29 is 19.4 Å². The molecule has 1 unspecified atom stereocenters. The summed E-state index contributed by atoms with van der Waals surface area (Å²) in [5.74, 6) is -0.625. The topological polar surface area (TPSA) is 81.8 Å². The molecule has 1 amide bonds. The summed E-state index contributed by atoms with van der Waals surface area (Å²) < 4.78 is 9.44. The Hall–Kier alpha value is -0.910. The number of amides is 1. The van der Waals surface area contributed by atoms with Gasteiger partial charge >= 0.3 is 0 Å². The normalized spacial score (nSPS) is 14.0. The molecule has 5 heteroatoms. The van der Waals surface area contributed by atoms with Crippen molar-refractivity contribution in [2.24, 2.45) is 5.73 Å². The Balaban J connectivity index is 3.99. The van der Waals surface area contributed by atoms with Crippen LogP contribution in [0.15, 0.2) is 12.2 Å². The lowest BCUT2D eigenvalue weighted by Gasteiger charge is -2.16. The minimum atomic E-state index is -0.993. The monoisotopic (exact) mass is 175 g/mol. The zero-order chi connectivity index (χ0) is 9.56. The molecule has 0 aromatic carbocycles. The molecule has 70 valence electrons. The van der Waals surface area contributed by atoms with Crippen LogP contribution in [0.4, 0.5) is 0 Å². The van der Waals surface area contributed by atoms with E-state index in [2.05, 4.69) is 0 Å². The van der Waals surface area contributed by atoms with Crippen molar-refractivity contribution in [3.8, 4) is 0 Å². The van der Waals surface area contributed by atoms with Gasteiger partial charge in [-0.2, -0.15) is 0 Å². The van der Waals surface area contributed by atoms with Gasteiger partial charge in [0, 0.05) is 20.3 Å². The number of carbonyl (C=O) groups is 1. The summed E-state index contributed by atoms with van der Waals surface area (Å²) in [5, 5.41) is 9.21. The van der Waals surface area contributed by atoms with E-state index in [0.717, 1.165) is 6.08 Å². The smallest absolute Gasteiger partial charge is 0.241 e. The number of hydrogen-bond donors (Lipinski definition) is 2. The van der Waals surface area contributed by atoms with E-state index in [1.165, 1.54) is 20.3 Å². The number of ether oxygens (including phenoxy) is 2. The van der Waals surface area contributed by atoms with Crippen LogP contribution in [0.1, 0.15) is 0 Å². The van der Waals surface area contributed by atoms with Crippen molar-refractivity contribution in [2.75, 3.05) is 14.2 Å². The van der Waals surface area contributed by atoms with Crippen LogP contribution in [-0.2, 0) is 14.3 Å². The van der Waals surface area contributed by atoms with Crippen LogP contribution >= 0.6 is 0 Å². The molecular formula is C7H13NO4. The molecule has 3 N–H and O–H groups in total. The summed E-state index contributed by atoms with van der Waals surface area (Å²) in [6.07, 6.45) is 0.489. The third-order valence-corrected chi connectivity index (χ3v) is 1.20. The highest BCUT2D eigenvalue weighted by molar-refractivity contribution is 5.85. The van der Waals surface area contributed by atoms with Gasteiger partial charge in [0.1, 0.15) is 6.10 Å². The number of primary amides is 1. The van der Waals surface area contributed by atoms with Gasteiger partial charge in [-0.05, 0) is 6.08 Å². The van der Waals surface area contributed by atoms with Crippen molar-refractivity contribution in [3.63, 3.8) is 0 Å². The van der Waals surface area contributed by atoms with Gasteiger partial charge in [-0.3, -0.25) is 4.79 Å². The van der Waals surface area contributed by atoms with Crippen molar-refractivity contribution in [1.82, 2.24) is 0 Å². The fraction of sp³-hybridized carbons (Fsp3) is 0.571. The summed E-state index contributed by atoms with van der Waals surface area (Å²) in [4.78, 5) is 10.2. The highest BCUT2D eigenvalue weighted by atomic mass is 16.7. The Morgan fingerprint density at radius 3 is 2.33 bits per heavy atom. The molecule has 0 heterocycles. The molecule has 0 saturated carbocycles. The molecule has 0 spiro atoms. The number of nitrogens with two attached hydrogens (primary N) is 1. The SMILES string of the molecule is COC(OC)C(O)C=CC(N)=O. The van der Waals surface area contributed by atoms with Gasteiger partial charge in [-0.1, -0.05) is 0 Å². The standard InChI is InChI=1S/C7H13NO4/c1-11-7(12-2)5(9)3-4-6(8)10/h3-5,7,9H,1-2H3,(H2,8,10). The number of methoxy groups -OCH3 is 2. The van der Waals surface area contributed by atoms with Gasteiger partial charge in [-0.25, -0.2) is 0 Å². The molecule has 0 aliphatic heterocycles. The van der Waals surface area contributed by atoms with E-state index in [1.807, 2.05) is 0 Å². The molecule has 0 bridgehead atoms. The Kier molecular flexibility index (Phi) is 5.27. The van der Waals surface area contributed by atoms with Crippen molar-refractivity contribution >= 4 is 5.91 Å². The van der Waals surface area contributed by atoms with Crippen LogP contribution < -0.4 is 5.73 Å². The Morgan fingerprint density at radius 2 is 2.00 bits per heavy atom. The van der Waals surface area contributed by atoms with Crippen LogP contribution in [0.3, 0.4) is 0 Å². The molecular weight excluding hydrogens is 162 g/mol. The van der Waals surface area contributed by atoms with Gasteiger partial charge in [0.25, 0.3) is 0 Å². The third-order valence-electron chi connectivity index (χ3n) is 1.20. The van der Waals surface area contributed by atoms with E-state index in [1.54, 1.807) is 0 Å². The van der Waals surface area contributed by atoms with Crippen LogP contribution in [0.2, 0.25) is 0 Å². The zero-order valence-corrected chi connectivity index (χ0v) is 7.06. The van der Waals surface area contributed by atoms with Gasteiger partial charge in [-0.15, -0.1) is 0 Å². The molecule has 12 heavy (non-hydrogen) atoms. The van der Waals surface area contributed by atoms with Gasteiger partial charge in [0.2, 0.25) is 5.91 Å². The van der Waals surface area contributed by atoms with Crippen LogP contribution in [0.25, 0.3) is 0 Å². The van der Waals surface area contributed by atoms with E-state index in [-0.39, 0.29) is 0 Å². The summed E-state index contributed by atoms with van der Waals surface area (Å²) >= 11 is 0. The molecule has 0 aromatic heterocycles. The van der Waals surface area contributed by atoms with Crippen LogP contribution in [0, 0.1) is 0 Å². The first-order chi connectivity index (χ1) is 5.61. The van der Waals surface area contributed by atoms with Crippen LogP contribution in [0.5, 0.6) is 0 Å². The lowest BCUT2D eigenvalue weighted by atomic mass is 10.3. The molecule has 1 atom stereocenters. The second-order valence-corrected chi connectivity index (χ2v) is 2.09. The first-order valence-corrected chi connectivity index (χ1v) is 3.33. The quantitative estimate of drug-likeness (QED) is 0.415. The van der Waals surface area contributed by atoms with E-state index in [9.17, 15) is 9.90 Å². The Morgan fingerprint density at radius 1 is 1.50 bits per heavy atom. The maximum atomic E-state index is 10.2. The van der Waals surface area contributed by atoms with Crippen molar-refractivity contribution in [2.45, 2.75) is 12.4 Å². The van der Waals surface area contributed by atoms with Crippen molar-refractivity contribution in [1.29, 1.82) is 0 Å². The average Bonchev–Trinajstić information content (AvgIpc) is 2.03. The largest absolute Gasteiger partial charge is 0.384 e.